The van der Waals surface area contributed by atoms with Crippen molar-refractivity contribution in [1.82, 2.24) is 0 Å². The summed E-state index contributed by atoms with van der Waals surface area (Å²) < 4.78 is 10.4. The molecule has 0 spiro atoms. The van der Waals surface area contributed by atoms with Crippen LogP contribution in [0.5, 0.6) is 11.5 Å². The predicted molar refractivity (Wildman–Crippen MR) is 89.0 cm³/mol. The molecule has 2 rings (SSSR count). The maximum absolute atomic E-state index is 12.2. The maximum atomic E-state index is 12.2. The van der Waals surface area contributed by atoms with Crippen molar-refractivity contribution in [2.24, 2.45) is 0 Å². The zero-order valence-corrected chi connectivity index (χ0v) is 13.5. The minimum Gasteiger partial charge on any atom is -0.493 e. The largest absolute Gasteiger partial charge is 0.493 e. The zero-order chi connectivity index (χ0) is 16.8. The van der Waals surface area contributed by atoms with Crippen LogP contribution in [0, 0.1) is 0 Å². The van der Waals surface area contributed by atoms with E-state index in [0.717, 1.165) is 11.1 Å². The number of carbonyl (C=O) groups excluding carboxylic acids is 1. The van der Waals surface area contributed by atoms with Gasteiger partial charge in [0.1, 0.15) is 0 Å². The molecular weight excluding hydrogens is 294 g/mol. The minimum atomic E-state index is -0.572. The predicted octanol–water partition coefficient (Wildman–Crippen LogP) is 2.94. The molecular formula is C18H21NO4. The van der Waals surface area contributed by atoms with Gasteiger partial charge in [-0.1, -0.05) is 18.2 Å². The van der Waals surface area contributed by atoms with Gasteiger partial charge in [-0.15, -0.1) is 0 Å². The molecule has 1 amide bonds. The van der Waals surface area contributed by atoms with Gasteiger partial charge in [0.25, 0.3) is 0 Å². The Hall–Kier alpha value is -2.53. The number of hydrogen-bond acceptors (Lipinski definition) is 4. The van der Waals surface area contributed by atoms with E-state index in [2.05, 4.69) is 5.32 Å². The number of aliphatic hydroxyl groups is 1. The van der Waals surface area contributed by atoms with Crippen LogP contribution in [0.15, 0.2) is 42.5 Å². The zero-order valence-electron chi connectivity index (χ0n) is 13.5. The van der Waals surface area contributed by atoms with Crippen LogP contribution in [0.3, 0.4) is 0 Å². The van der Waals surface area contributed by atoms with Crippen molar-refractivity contribution in [3.05, 3.63) is 53.6 Å². The molecule has 2 N–H and O–H groups in total. The third-order valence-corrected chi connectivity index (χ3v) is 3.47. The lowest BCUT2D eigenvalue weighted by atomic mass is 10.1. The molecule has 5 heteroatoms. The van der Waals surface area contributed by atoms with Gasteiger partial charge in [0.15, 0.2) is 11.5 Å². The molecule has 0 radical (unpaired) electrons. The fourth-order valence-electron chi connectivity index (χ4n) is 2.26. The normalized spacial score (nSPS) is 11.7. The molecule has 0 bridgehead atoms. The van der Waals surface area contributed by atoms with E-state index in [4.69, 9.17) is 9.47 Å². The van der Waals surface area contributed by atoms with Crippen LogP contribution >= 0.6 is 0 Å². The van der Waals surface area contributed by atoms with Crippen molar-refractivity contribution in [2.45, 2.75) is 19.4 Å². The van der Waals surface area contributed by atoms with Crippen LogP contribution in [-0.4, -0.2) is 25.2 Å². The van der Waals surface area contributed by atoms with E-state index in [-0.39, 0.29) is 12.3 Å². The van der Waals surface area contributed by atoms with Crippen LogP contribution in [0.2, 0.25) is 0 Å². The Morgan fingerprint density at radius 3 is 2.52 bits per heavy atom. The molecule has 122 valence electrons. The van der Waals surface area contributed by atoms with Crippen molar-refractivity contribution in [3.8, 4) is 11.5 Å². The molecule has 5 nitrogen and oxygen atoms in total. The highest BCUT2D eigenvalue weighted by atomic mass is 16.5. The number of benzene rings is 2. The lowest BCUT2D eigenvalue weighted by Gasteiger charge is -2.11. The number of methoxy groups -OCH3 is 2. The van der Waals surface area contributed by atoms with E-state index in [9.17, 15) is 9.90 Å². The summed E-state index contributed by atoms with van der Waals surface area (Å²) in [6.07, 6.45) is -0.350. The monoisotopic (exact) mass is 315 g/mol. The Kier molecular flexibility index (Phi) is 5.60. The minimum absolute atomic E-state index is 0.139. The van der Waals surface area contributed by atoms with Gasteiger partial charge in [0.2, 0.25) is 5.91 Å². The second kappa shape index (κ2) is 7.65. The average Bonchev–Trinajstić information content (AvgIpc) is 2.54. The van der Waals surface area contributed by atoms with Gasteiger partial charge >= 0.3 is 0 Å². The van der Waals surface area contributed by atoms with Crippen LogP contribution in [-0.2, 0) is 11.2 Å². The average molecular weight is 315 g/mol. The number of amides is 1. The Balaban J connectivity index is 2.06. The van der Waals surface area contributed by atoms with Gasteiger partial charge in [0, 0.05) is 5.69 Å². The summed E-state index contributed by atoms with van der Waals surface area (Å²) in [6.45, 7) is 1.69. The molecule has 0 aliphatic rings. The van der Waals surface area contributed by atoms with Crippen molar-refractivity contribution in [2.75, 3.05) is 19.5 Å². The van der Waals surface area contributed by atoms with E-state index >= 15 is 0 Å². The van der Waals surface area contributed by atoms with Crippen molar-refractivity contribution in [3.63, 3.8) is 0 Å². The molecule has 0 aromatic heterocycles. The van der Waals surface area contributed by atoms with Gasteiger partial charge in [-0.05, 0) is 42.3 Å². The highest BCUT2D eigenvalue weighted by molar-refractivity contribution is 5.92. The summed E-state index contributed by atoms with van der Waals surface area (Å²) in [5, 5.41) is 12.4. The second-order valence-electron chi connectivity index (χ2n) is 5.22. The summed E-state index contributed by atoms with van der Waals surface area (Å²) >= 11 is 0. The smallest absolute Gasteiger partial charge is 0.228 e. The number of rotatable bonds is 6. The Morgan fingerprint density at radius 2 is 1.87 bits per heavy atom. The summed E-state index contributed by atoms with van der Waals surface area (Å²) in [7, 11) is 3.13. The number of ether oxygens (including phenoxy) is 2. The van der Waals surface area contributed by atoms with Crippen LogP contribution in [0.25, 0.3) is 0 Å². The van der Waals surface area contributed by atoms with Crippen molar-refractivity contribution < 1.29 is 19.4 Å². The molecule has 0 saturated carbocycles. The Morgan fingerprint density at radius 1 is 1.13 bits per heavy atom. The van der Waals surface area contributed by atoms with Crippen LogP contribution in [0.1, 0.15) is 24.2 Å². The van der Waals surface area contributed by atoms with E-state index in [1.165, 1.54) is 0 Å². The molecule has 1 atom stereocenters. The van der Waals surface area contributed by atoms with Gasteiger partial charge in [-0.2, -0.15) is 0 Å². The lowest BCUT2D eigenvalue weighted by molar-refractivity contribution is -0.115. The van der Waals surface area contributed by atoms with E-state index in [1.54, 1.807) is 51.5 Å². The highest BCUT2D eigenvalue weighted by Gasteiger charge is 2.09. The molecule has 0 unspecified atom stereocenters. The van der Waals surface area contributed by atoms with E-state index < -0.39 is 6.10 Å². The quantitative estimate of drug-likeness (QED) is 0.860. The Bertz CT molecular complexity index is 682. The first-order chi connectivity index (χ1) is 11.0. The molecule has 0 aliphatic heterocycles. The second-order valence-corrected chi connectivity index (χ2v) is 5.22. The number of anilines is 1. The van der Waals surface area contributed by atoms with E-state index in [1.807, 2.05) is 12.1 Å². The number of nitrogens with one attached hydrogen (secondary N) is 1. The summed E-state index contributed by atoms with van der Waals surface area (Å²) in [6, 6.07) is 12.5. The molecule has 2 aromatic rings. The fourth-order valence-corrected chi connectivity index (χ4v) is 2.26. The lowest BCUT2D eigenvalue weighted by Crippen LogP contribution is -2.14. The number of aliphatic hydroxyl groups excluding tert-OH is 1. The SMILES string of the molecule is COc1ccc(CC(=O)Nc2cccc([C@@H](C)O)c2)cc1OC. The summed E-state index contributed by atoms with van der Waals surface area (Å²) in [5.74, 6) is 1.08. The number of carbonyl (C=O) groups is 1. The van der Waals surface area contributed by atoms with Crippen molar-refractivity contribution >= 4 is 11.6 Å². The summed E-state index contributed by atoms with van der Waals surface area (Å²) in [5.41, 5.74) is 2.25. The first kappa shape index (κ1) is 16.8. The highest BCUT2D eigenvalue weighted by Crippen LogP contribution is 2.27. The van der Waals surface area contributed by atoms with Crippen molar-refractivity contribution in [1.29, 1.82) is 0 Å². The molecule has 0 saturated heterocycles. The van der Waals surface area contributed by atoms with Gasteiger partial charge in [0.05, 0.1) is 26.7 Å². The van der Waals surface area contributed by atoms with Crippen LogP contribution in [0.4, 0.5) is 5.69 Å². The van der Waals surface area contributed by atoms with E-state index in [0.29, 0.717) is 17.2 Å². The maximum Gasteiger partial charge on any atom is 0.228 e. The van der Waals surface area contributed by atoms with Gasteiger partial charge in [-0.25, -0.2) is 0 Å². The standard InChI is InChI=1S/C18H21NO4/c1-12(20)14-5-4-6-15(11-14)19-18(21)10-13-7-8-16(22-2)17(9-13)23-3/h4-9,11-12,20H,10H2,1-3H3,(H,19,21)/t12-/m1/s1. The first-order valence-electron chi connectivity index (χ1n) is 7.32. The molecule has 0 aliphatic carbocycles. The molecule has 2 aromatic carbocycles. The Labute approximate surface area is 135 Å². The topological polar surface area (TPSA) is 67.8 Å². The third kappa shape index (κ3) is 4.47. The van der Waals surface area contributed by atoms with Crippen LogP contribution < -0.4 is 14.8 Å². The molecule has 0 heterocycles. The van der Waals surface area contributed by atoms with Gasteiger partial charge < -0.3 is 19.9 Å². The van der Waals surface area contributed by atoms with Gasteiger partial charge in [-0.3, -0.25) is 4.79 Å². The first-order valence-corrected chi connectivity index (χ1v) is 7.32. The third-order valence-electron chi connectivity index (χ3n) is 3.47. The number of hydrogen-bond donors (Lipinski definition) is 2. The fraction of sp³-hybridized carbons (Fsp3) is 0.278. The molecule has 23 heavy (non-hydrogen) atoms. The molecule has 0 fully saturated rings. The summed E-state index contributed by atoms with van der Waals surface area (Å²) in [4.78, 5) is 12.2.